The number of aromatic nitrogens is 10. The Labute approximate surface area is 477 Å². The third kappa shape index (κ3) is 12.7. The van der Waals surface area contributed by atoms with E-state index in [-0.39, 0.29) is 5.82 Å². The molecule has 10 aromatic rings. The number of amidine groups is 1. The van der Waals surface area contributed by atoms with E-state index in [2.05, 4.69) is 124 Å². The van der Waals surface area contributed by atoms with Crippen molar-refractivity contribution in [1.29, 1.82) is 5.41 Å². The fourth-order valence-corrected chi connectivity index (χ4v) is 9.81. The zero-order valence-electron chi connectivity index (χ0n) is 42.6. The Balaban J connectivity index is 0.000000150. The van der Waals surface area contributed by atoms with Gasteiger partial charge in [-0.15, -0.1) is 0 Å². The Kier molecular flexibility index (Phi) is 19.1. The molecule has 0 unspecified atom stereocenters. The number of halogens is 5. The maximum atomic E-state index is 13.1. The van der Waals surface area contributed by atoms with Crippen molar-refractivity contribution in [3.05, 3.63) is 144 Å². The molecule has 10 rings (SSSR count). The largest absolute Gasteiger partial charge is 0.376 e. The van der Waals surface area contributed by atoms with Gasteiger partial charge in [0.1, 0.15) is 51.7 Å². The number of fused-ring (bicyclic) bond motifs is 4. The highest BCUT2D eigenvalue weighted by Gasteiger charge is 2.22. The minimum Gasteiger partial charge on any atom is -0.376 e. The Bertz CT molecular complexity index is 3630. The molecule has 17 nitrogen and oxygen atoms in total. The average Bonchev–Trinajstić information content (AvgIpc) is 4.26. The van der Waals surface area contributed by atoms with Gasteiger partial charge in [-0.2, -0.15) is 4.98 Å². The molecule has 0 spiro atoms. The lowest BCUT2D eigenvalue weighted by molar-refractivity contribution is 0.425. The molecule has 9 heterocycles. The second kappa shape index (κ2) is 25.3. The lowest BCUT2D eigenvalue weighted by Crippen LogP contribution is -2.33. The first-order valence-corrected chi connectivity index (χ1v) is 28.3. The minimum absolute atomic E-state index is 0.307. The van der Waals surface area contributed by atoms with Gasteiger partial charge < -0.3 is 25.4 Å². The lowest BCUT2D eigenvalue weighted by atomic mass is 10.2. The number of nitrogens with zero attached hydrogens (tertiary/aromatic N) is 13. The van der Waals surface area contributed by atoms with Crippen molar-refractivity contribution in [2.75, 3.05) is 54.5 Å². The highest BCUT2D eigenvalue weighted by atomic mass is 79.9. The number of rotatable bonds is 10. The maximum absolute atomic E-state index is 13.1. The first kappa shape index (κ1) is 56.8. The summed E-state index contributed by atoms with van der Waals surface area (Å²) < 4.78 is 30.6. The van der Waals surface area contributed by atoms with Crippen molar-refractivity contribution in [2.45, 2.75) is 53.4 Å². The summed E-state index contributed by atoms with van der Waals surface area (Å²) in [6.45, 7) is 8.30. The number of nitrogens with two attached hydrogens (primary N) is 1. The SMILES string of the molecule is CCc1nc2ccc(Br)cn2c1N(C)C(=N)SC.CCc1nc2ccc(Br)cn2c1N(C)C(N)=S.CCc1nc2ccc(Br)cn2c1N(C)c1nc(-c2ccc(F)cc2)no1.CCc1nc2ccc(Br)cn2c1NC. The predicted molar refractivity (Wildman–Crippen MR) is 321 cm³/mol. The third-order valence-electron chi connectivity index (χ3n) is 11.7. The maximum Gasteiger partial charge on any atom is 0.329 e. The molecule has 0 saturated carbocycles. The normalized spacial score (nSPS) is 11.0. The standard InChI is InChI=1S/C18H15BrFN5O.C12H15BrN4S.C11H13BrN4S.C10H12BrN3/c1-3-14-17(25-10-12(19)6-9-15(25)21-14)24(2)18-22-16(23-26-18)11-4-7-13(20)8-5-11;1-4-9-11(16(2)12(14)18-3)17-7-8(13)5-6-10(17)15-9;1-3-8-10(15(2)11(13)17)16-6-7(12)4-5-9(16)14-8;1-3-8-10(12-2)14-6-7(11)4-5-9(14)13-8/h4-10H,3H2,1-2H3;5-7,14H,4H2,1-3H3;4-6H,3H2,1-2H3,(H2,13,17);4-6,12H,3H2,1-2H3. The van der Waals surface area contributed by atoms with Crippen molar-refractivity contribution < 1.29 is 8.91 Å². The van der Waals surface area contributed by atoms with Crippen LogP contribution in [0, 0.1) is 11.2 Å². The molecule has 24 heteroatoms. The molecule has 0 aliphatic carbocycles. The molecule has 0 radical (unpaired) electrons. The Morgan fingerprint density at radius 3 is 1.45 bits per heavy atom. The molecule has 0 saturated heterocycles. The number of anilines is 5. The van der Waals surface area contributed by atoms with Crippen LogP contribution in [0.5, 0.6) is 0 Å². The van der Waals surface area contributed by atoms with Gasteiger partial charge in [0.25, 0.3) is 0 Å². The van der Waals surface area contributed by atoms with Gasteiger partial charge in [0.15, 0.2) is 10.3 Å². The topological polar surface area (TPSA) is 180 Å². The number of pyridine rings is 4. The highest BCUT2D eigenvalue weighted by molar-refractivity contribution is 9.11. The van der Waals surface area contributed by atoms with E-state index in [0.29, 0.717) is 27.7 Å². The molecule has 0 amide bonds. The Hall–Kier alpha value is -5.92. The fourth-order valence-electron chi connectivity index (χ4n) is 8.02. The van der Waals surface area contributed by atoms with Gasteiger partial charge in [0.05, 0.1) is 22.8 Å². The van der Waals surface area contributed by atoms with Crippen LogP contribution in [-0.2, 0) is 25.7 Å². The van der Waals surface area contributed by atoms with Gasteiger partial charge in [0.2, 0.25) is 5.82 Å². The number of hydrogen-bond acceptors (Lipinski definition) is 12. The predicted octanol–water partition coefficient (Wildman–Crippen LogP) is 13.0. The minimum atomic E-state index is -0.307. The van der Waals surface area contributed by atoms with Crippen LogP contribution in [0.1, 0.15) is 50.5 Å². The van der Waals surface area contributed by atoms with Crippen LogP contribution >= 0.6 is 87.7 Å². The molecule has 1 aromatic carbocycles. The summed E-state index contributed by atoms with van der Waals surface area (Å²) in [4.78, 5) is 28.3. The summed E-state index contributed by atoms with van der Waals surface area (Å²) in [5.74, 6) is 3.92. The zero-order chi connectivity index (χ0) is 54.2. The molecule has 0 aliphatic heterocycles. The summed E-state index contributed by atoms with van der Waals surface area (Å²) in [5.41, 5.74) is 14.0. The van der Waals surface area contributed by atoms with Crippen LogP contribution < -0.4 is 25.8 Å². The number of aryl methyl sites for hydroxylation is 4. The molecule has 0 atom stereocenters. The first-order valence-electron chi connectivity index (χ1n) is 23.5. The second-order valence-corrected chi connectivity index (χ2v) is 21.3. The average molecular weight is 1310 g/mol. The van der Waals surface area contributed by atoms with Crippen molar-refractivity contribution in [2.24, 2.45) is 5.73 Å². The van der Waals surface area contributed by atoms with E-state index in [0.717, 1.165) is 112 Å². The zero-order valence-corrected chi connectivity index (χ0v) is 50.5. The summed E-state index contributed by atoms with van der Waals surface area (Å²) in [6, 6.07) is 22.1. The van der Waals surface area contributed by atoms with Crippen molar-refractivity contribution >= 4 is 150 Å². The number of thiocarbonyl (C=S) groups is 1. The van der Waals surface area contributed by atoms with Crippen LogP contribution in [0.2, 0.25) is 0 Å². The lowest BCUT2D eigenvalue weighted by Gasteiger charge is -2.19. The van der Waals surface area contributed by atoms with Gasteiger partial charge in [-0.05, 0) is 181 Å². The molecule has 75 heavy (non-hydrogen) atoms. The molecule has 0 aliphatic rings. The van der Waals surface area contributed by atoms with Crippen LogP contribution in [0.25, 0.3) is 34.0 Å². The van der Waals surface area contributed by atoms with Gasteiger partial charge in [-0.1, -0.05) is 44.6 Å². The van der Waals surface area contributed by atoms with Gasteiger partial charge >= 0.3 is 6.01 Å². The highest BCUT2D eigenvalue weighted by Crippen LogP contribution is 2.31. The Morgan fingerprint density at radius 2 is 1.03 bits per heavy atom. The summed E-state index contributed by atoms with van der Waals surface area (Å²) in [5, 5.41) is 16.0. The van der Waals surface area contributed by atoms with E-state index in [4.69, 9.17) is 27.9 Å². The van der Waals surface area contributed by atoms with Crippen molar-refractivity contribution in [1.82, 2.24) is 47.7 Å². The summed E-state index contributed by atoms with van der Waals surface area (Å²) in [7, 11) is 7.53. The van der Waals surface area contributed by atoms with Gasteiger partial charge in [-0.25, -0.2) is 24.3 Å². The third-order valence-corrected chi connectivity index (χ3v) is 14.5. The summed E-state index contributed by atoms with van der Waals surface area (Å²) >= 11 is 20.3. The van der Waals surface area contributed by atoms with Gasteiger partial charge in [0, 0.05) is 76.4 Å². The second-order valence-electron chi connectivity index (χ2n) is 16.5. The van der Waals surface area contributed by atoms with Crippen LogP contribution in [0.3, 0.4) is 0 Å². The number of hydrogen-bond donors (Lipinski definition) is 3. The fraction of sp³-hybridized carbons (Fsp3) is 0.255. The first-order chi connectivity index (χ1) is 35.9. The van der Waals surface area contributed by atoms with E-state index in [1.54, 1.807) is 17.0 Å². The van der Waals surface area contributed by atoms with Crippen LogP contribution in [0.15, 0.2) is 120 Å². The molecular weight excluding hydrogens is 1260 g/mol. The molecule has 392 valence electrons. The van der Waals surface area contributed by atoms with E-state index >= 15 is 0 Å². The molecule has 0 bridgehead atoms. The monoisotopic (exact) mass is 1310 g/mol. The number of imidazole rings is 4. The van der Waals surface area contributed by atoms with Crippen molar-refractivity contribution in [3.63, 3.8) is 0 Å². The smallest absolute Gasteiger partial charge is 0.329 e. The van der Waals surface area contributed by atoms with Crippen molar-refractivity contribution in [3.8, 4) is 11.4 Å². The molecule has 4 N–H and O–H groups in total. The van der Waals surface area contributed by atoms with E-state index in [9.17, 15) is 4.39 Å². The molecule has 9 aromatic heterocycles. The number of nitrogens with one attached hydrogen (secondary N) is 2. The van der Waals surface area contributed by atoms with E-state index in [1.807, 2.05) is 138 Å². The Morgan fingerprint density at radius 1 is 0.627 bits per heavy atom. The molecular formula is C51H55Br4FN16OS2. The van der Waals surface area contributed by atoms with Crippen LogP contribution in [-0.4, -0.2) is 92.4 Å². The summed E-state index contributed by atoms with van der Waals surface area (Å²) in [6.07, 6.45) is 13.2. The number of thioether (sulfide) groups is 1. The van der Waals surface area contributed by atoms with E-state index in [1.165, 1.54) is 23.9 Å². The quantitative estimate of drug-likeness (QED) is 0.0669. The van der Waals surface area contributed by atoms with E-state index < -0.39 is 0 Å². The molecule has 0 fully saturated rings. The van der Waals surface area contributed by atoms with Gasteiger partial charge in [-0.3, -0.25) is 27.9 Å². The van der Waals surface area contributed by atoms with Crippen LogP contribution in [0.4, 0.5) is 33.7 Å². The number of benzene rings is 1.